The van der Waals surface area contributed by atoms with Crippen LogP contribution in [0.5, 0.6) is 0 Å². The lowest BCUT2D eigenvalue weighted by molar-refractivity contribution is -0.177. The van der Waals surface area contributed by atoms with Crippen molar-refractivity contribution in [2.45, 2.75) is 69.0 Å². The van der Waals surface area contributed by atoms with E-state index in [0.717, 1.165) is 16.7 Å². The zero-order valence-electron chi connectivity index (χ0n) is 31.7. The molecule has 1 aliphatic rings. The lowest BCUT2D eigenvalue weighted by Gasteiger charge is -2.50. The van der Waals surface area contributed by atoms with Crippen LogP contribution < -0.4 is 5.32 Å². The third-order valence-electron chi connectivity index (χ3n) is 9.52. The molecule has 4 unspecified atom stereocenters. The number of amides is 1. The first-order valence-electron chi connectivity index (χ1n) is 18.3. The molecule has 6 aromatic rings. The third-order valence-corrected chi connectivity index (χ3v) is 10.5. The normalized spacial score (nSPS) is 19.8. The number of hydrogen-bond donors (Lipinski definition) is 1. The fourth-order valence-electron chi connectivity index (χ4n) is 7.11. The average molecular weight is 766 g/mol. The Bertz CT molecular complexity index is 2250. The van der Waals surface area contributed by atoms with Crippen molar-refractivity contribution in [1.29, 1.82) is 0 Å². The minimum Gasteiger partial charge on any atom is -0.455 e. The molecule has 0 spiro atoms. The molecule has 11 nitrogen and oxygen atoms in total. The van der Waals surface area contributed by atoms with Crippen LogP contribution in [0.2, 0.25) is 5.04 Å². The first-order chi connectivity index (χ1) is 27.1. The smallest absolute Gasteiger partial charge is 0.303 e. The summed E-state index contributed by atoms with van der Waals surface area (Å²) in [6.45, 7) is 12.3. The molecule has 0 saturated carbocycles. The molecule has 7 rings (SSSR count). The number of fused-ring (bicyclic) bond motifs is 1. The molecular formula is C44H43N5O6Si. The Labute approximate surface area is 328 Å². The van der Waals surface area contributed by atoms with Crippen molar-refractivity contribution in [3.63, 3.8) is 0 Å². The Morgan fingerprint density at radius 1 is 0.875 bits per heavy atom. The van der Waals surface area contributed by atoms with Crippen molar-refractivity contribution in [2.75, 3.05) is 5.32 Å². The number of aromatic nitrogens is 4. The molecule has 1 amide bonds. The van der Waals surface area contributed by atoms with Gasteiger partial charge < -0.3 is 24.0 Å². The first-order valence-corrected chi connectivity index (χ1v) is 19.2. The predicted molar refractivity (Wildman–Crippen MR) is 214 cm³/mol. The van der Waals surface area contributed by atoms with Crippen molar-refractivity contribution < 1.29 is 28.2 Å². The highest BCUT2D eigenvalue weighted by Crippen LogP contribution is 2.56. The predicted octanol–water partition coefficient (Wildman–Crippen LogP) is 7.85. The van der Waals surface area contributed by atoms with Gasteiger partial charge in [0.1, 0.15) is 18.0 Å². The lowest BCUT2D eigenvalue weighted by atomic mass is 9.69. The highest BCUT2D eigenvalue weighted by atomic mass is 28.2. The summed E-state index contributed by atoms with van der Waals surface area (Å²) in [4.78, 5) is 40.0. The molecule has 12 heteroatoms. The van der Waals surface area contributed by atoms with E-state index in [1.807, 2.05) is 97.1 Å². The van der Waals surface area contributed by atoms with Gasteiger partial charge >= 0.3 is 5.97 Å². The van der Waals surface area contributed by atoms with Gasteiger partial charge in [0.25, 0.3) is 5.91 Å². The molecule has 1 aliphatic heterocycles. The van der Waals surface area contributed by atoms with Crippen LogP contribution >= 0.6 is 0 Å². The monoisotopic (exact) mass is 765 g/mol. The highest BCUT2D eigenvalue weighted by molar-refractivity contribution is 6.32. The van der Waals surface area contributed by atoms with Crippen LogP contribution in [-0.4, -0.2) is 59.0 Å². The fraction of sp³-hybridized carbons (Fsp3) is 0.250. The number of anilines is 1. The standard InChI is InChI=1S/C44H43N5O6Si/c1-6-43(44(55-56-42(3,4)5,33-23-15-9-16-24-33)34-25-17-10-18-26-34)37(52-27-31-19-11-7-12-20-31)36(53-30(2)50)41(54-43)49-29-47-35-38(45-28-46-39(35)49)48-40(51)32-21-13-8-14-22-32/h6-26,28-29,36-37,41H,1,27H2,2-5H3,(H,45,46,48,51). The minimum absolute atomic E-state index is 0.0311. The molecule has 0 aliphatic carbocycles. The van der Waals surface area contributed by atoms with E-state index in [4.69, 9.17) is 18.6 Å². The van der Waals surface area contributed by atoms with Crippen molar-refractivity contribution in [2.24, 2.45) is 0 Å². The summed E-state index contributed by atoms with van der Waals surface area (Å²) in [6.07, 6.45) is 1.41. The van der Waals surface area contributed by atoms with Crippen LogP contribution in [0.15, 0.2) is 147 Å². The quantitative estimate of drug-likeness (QED) is 0.0711. The van der Waals surface area contributed by atoms with Gasteiger partial charge in [0, 0.05) is 12.5 Å². The zero-order chi connectivity index (χ0) is 39.3. The fourth-order valence-corrected chi connectivity index (χ4v) is 7.97. The highest BCUT2D eigenvalue weighted by Gasteiger charge is 2.68. The third kappa shape index (κ3) is 7.43. The number of nitrogens with zero attached hydrogens (tertiary/aromatic N) is 4. The van der Waals surface area contributed by atoms with Gasteiger partial charge in [-0.1, -0.05) is 143 Å². The molecular weight excluding hydrogens is 723 g/mol. The molecule has 3 heterocycles. The second kappa shape index (κ2) is 16.1. The van der Waals surface area contributed by atoms with Gasteiger partial charge in [0.15, 0.2) is 34.9 Å². The number of ether oxygens (including phenoxy) is 3. The summed E-state index contributed by atoms with van der Waals surface area (Å²) in [6, 6.07) is 38.3. The number of rotatable bonds is 13. The maximum atomic E-state index is 13.2. The van der Waals surface area contributed by atoms with Crippen LogP contribution in [-0.2, 0) is 35.6 Å². The summed E-state index contributed by atoms with van der Waals surface area (Å²) in [5, 5.41) is 2.61. The van der Waals surface area contributed by atoms with Gasteiger partial charge in [-0.2, -0.15) is 0 Å². The minimum atomic E-state index is -1.57. The molecule has 284 valence electrons. The number of nitrogens with one attached hydrogen (secondary N) is 1. The Balaban J connectivity index is 1.45. The molecule has 1 N–H and O–H groups in total. The number of carbonyl (C=O) groups excluding carboxylic acids is 2. The van der Waals surface area contributed by atoms with E-state index in [-0.39, 0.29) is 33.1 Å². The van der Waals surface area contributed by atoms with Crippen molar-refractivity contribution in [3.8, 4) is 0 Å². The topological polar surface area (TPSA) is 127 Å². The van der Waals surface area contributed by atoms with E-state index >= 15 is 0 Å². The summed E-state index contributed by atoms with van der Waals surface area (Å²) in [5.74, 6) is -0.703. The first kappa shape index (κ1) is 38.5. The zero-order valence-corrected chi connectivity index (χ0v) is 32.7. The second-order valence-corrected chi connectivity index (χ2v) is 16.4. The molecule has 1 fully saturated rings. The van der Waals surface area contributed by atoms with Gasteiger partial charge in [-0.3, -0.25) is 14.2 Å². The number of carbonyl (C=O) groups is 2. The maximum Gasteiger partial charge on any atom is 0.303 e. The number of esters is 1. The Hall–Kier alpha value is -5.79. The maximum absolute atomic E-state index is 13.2. The van der Waals surface area contributed by atoms with Crippen LogP contribution in [0.25, 0.3) is 11.2 Å². The Morgan fingerprint density at radius 2 is 1.46 bits per heavy atom. The van der Waals surface area contributed by atoms with Crippen LogP contribution in [0.4, 0.5) is 5.82 Å². The van der Waals surface area contributed by atoms with Crippen molar-refractivity contribution in [1.82, 2.24) is 19.5 Å². The lowest BCUT2D eigenvalue weighted by Crippen LogP contribution is -2.61. The molecule has 4 atom stereocenters. The SMILES string of the molecule is C=CC1(C(O[Si]C(C)(C)C)(c2ccccc2)c2ccccc2)OC(n2cnc3c(NC(=O)c4ccccc4)ncnc32)C(OC(C)=O)C1OCc1ccccc1. The molecule has 56 heavy (non-hydrogen) atoms. The summed E-state index contributed by atoms with van der Waals surface area (Å²) < 4.78 is 29.7. The Kier molecular flexibility index (Phi) is 11.1. The van der Waals surface area contributed by atoms with Gasteiger partial charge in [0.2, 0.25) is 9.76 Å². The van der Waals surface area contributed by atoms with E-state index in [1.54, 1.807) is 34.9 Å². The second-order valence-electron chi connectivity index (χ2n) is 14.5. The summed E-state index contributed by atoms with van der Waals surface area (Å²) in [5.41, 5.74) is 0.578. The summed E-state index contributed by atoms with van der Waals surface area (Å²) >= 11 is 0. The molecule has 1 saturated heterocycles. The number of benzene rings is 4. The van der Waals surface area contributed by atoms with E-state index < -0.39 is 35.6 Å². The summed E-state index contributed by atoms with van der Waals surface area (Å²) in [7, 11) is -0.0311. The van der Waals surface area contributed by atoms with Crippen molar-refractivity contribution >= 4 is 38.6 Å². The van der Waals surface area contributed by atoms with E-state index in [2.05, 4.69) is 47.6 Å². The average Bonchev–Trinajstić information content (AvgIpc) is 3.78. The van der Waals surface area contributed by atoms with Gasteiger partial charge in [-0.25, -0.2) is 15.0 Å². The Morgan fingerprint density at radius 3 is 2.04 bits per heavy atom. The molecule has 0 bridgehead atoms. The van der Waals surface area contributed by atoms with Gasteiger partial charge in [-0.15, -0.1) is 0 Å². The van der Waals surface area contributed by atoms with Crippen LogP contribution in [0.1, 0.15) is 61.0 Å². The molecule has 4 aromatic carbocycles. The van der Waals surface area contributed by atoms with E-state index in [9.17, 15) is 9.59 Å². The van der Waals surface area contributed by atoms with Gasteiger partial charge in [-0.05, 0) is 33.9 Å². The van der Waals surface area contributed by atoms with Crippen LogP contribution in [0, 0.1) is 0 Å². The van der Waals surface area contributed by atoms with E-state index in [1.165, 1.54) is 19.6 Å². The largest absolute Gasteiger partial charge is 0.455 e. The molecule has 2 radical (unpaired) electrons. The van der Waals surface area contributed by atoms with Crippen molar-refractivity contribution in [3.05, 3.63) is 169 Å². The van der Waals surface area contributed by atoms with Crippen LogP contribution in [0.3, 0.4) is 0 Å². The number of imidazole rings is 1. The number of hydrogen-bond acceptors (Lipinski definition) is 9. The van der Waals surface area contributed by atoms with E-state index in [0.29, 0.717) is 16.7 Å². The molecule has 2 aromatic heterocycles. The van der Waals surface area contributed by atoms with Gasteiger partial charge in [0.05, 0.1) is 12.9 Å².